The molecule has 0 aliphatic heterocycles. The van der Waals surface area contributed by atoms with Gasteiger partial charge in [0.2, 0.25) is 0 Å². The van der Waals surface area contributed by atoms with Gasteiger partial charge in [0.25, 0.3) is 5.91 Å². The third-order valence-electron chi connectivity index (χ3n) is 3.26. The molecule has 2 aromatic carbocycles. The van der Waals surface area contributed by atoms with Gasteiger partial charge in [0.1, 0.15) is 11.5 Å². The van der Waals surface area contributed by atoms with E-state index in [2.05, 4.69) is 10.6 Å². The molecule has 0 aliphatic rings. The molecule has 2 aromatic rings. The molecule has 2 N–H and O–H groups in total. The Morgan fingerprint density at radius 2 is 1.85 bits per heavy atom. The first kappa shape index (κ1) is 19.7. The van der Waals surface area contributed by atoms with Gasteiger partial charge in [0.15, 0.2) is 5.11 Å². The van der Waals surface area contributed by atoms with Crippen molar-refractivity contribution in [3.63, 3.8) is 0 Å². The standard InChI is InChI=1S/C20H24N2O3S/c1-4-11-24-17-9-5-7-15(12-17)19(23)22-20(26)21-16-8-6-10-18(13-16)25-14(2)3/h5-10,12-14H,4,11H2,1-3H3,(H2,21,22,23,26). The Hall–Kier alpha value is -2.60. The predicted octanol–water partition coefficient (Wildman–Crippen LogP) is 4.39. The molecule has 0 atom stereocenters. The Kier molecular flexibility index (Phi) is 7.41. The van der Waals surface area contributed by atoms with Crippen molar-refractivity contribution in [2.45, 2.75) is 33.3 Å². The van der Waals surface area contributed by atoms with Crippen LogP contribution < -0.4 is 20.1 Å². The fraction of sp³-hybridized carbons (Fsp3) is 0.300. The molecule has 0 fully saturated rings. The maximum atomic E-state index is 12.4. The molecule has 0 spiro atoms. The molecule has 0 heterocycles. The molecule has 0 aliphatic carbocycles. The second-order valence-corrected chi connectivity index (χ2v) is 6.39. The van der Waals surface area contributed by atoms with E-state index >= 15 is 0 Å². The number of carbonyl (C=O) groups is 1. The van der Waals surface area contributed by atoms with Crippen LogP contribution in [0.3, 0.4) is 0 Å². The maximum Gasteiger partial charge on any atom is 0.257 e. The number of nitrogens with one attached hydrogen (secondary N) is 2. The highest BCUT2D eigenvalue weighted by Gasteiger charge is 2.09. The monoisotopic (exact) mass is 372 g/mol. The number of carbonyl (C=O) groups excluding carboxylic acids is 1. The second-order valence-electron chi connectivity index (χ2n) is 5.98. The minimum absolute atomic E-state index is 0.0825. The van der Waals surface area contributed by atoms with E-state index in [-0.39, 0.29) is 17.1 Å². The zero-order valence-electron chi connectivity index (χ0n) is 15.2. The molecule has 0 aromatic heterocycles. The molecule has 138 valence electrons. The number of hydrogen-bond acceptors (Lipinski definition) is 4. The topological polar surface area (TPSA) is 59.6 Å². The lowest BCUT2D eigenvalue weighted by Gasteiger charge is -2.13. The lowest BCUT2D eigenvalue weighted by molar-refractivity contribution is 0.0977. The third-order valence-corrected chi connectivity index (χ3v) is 3.46. The number of hydrogen-bond donors (Lipinski definition) is 2. The molecule has 0 radical (unpaired) electrons. The van der Waals surface area contributed by atoms with Gasteiger partial charge in [-0.25, -0.2) is 0 Å². The van der Waals surface area contributed by atoms with E-state index in [0.29, 0.717) is 17.9 Å². The van der Waals surface area contributed by atoms with Crippen LogP contribution in [0, 0.1) is 0 Å². The van der Waals surface area contributed by atoms with Gasteiger partial charge in [-0.05, 0) is 62.8 Å². The Morgan fingerprint density at radius 3 is 2.58 bits per heavy atom. The van der Waals surface area contributed by atoms with Crippen LogP contribution in [0.1, 0.15) is 37.6 Å². The number of benzene rings is 2. The smallest absolute Gasteiger partial charge is 0.257 e. The van der Waals surface area contributed by atoms with Crippen molar-refractivity contribution in [2.75, 3.05) is 11.9 Å². The predicted molar refractivity (Wildman–Crippen MR) is 108 cm³/mol. The Balaban J connectivity index is 1.96. The van der Waals surface area contributed by atoms with Gasteiger partial charge in [-0.2, -0.15) is 0 Å². The van der Waals surface area contributed by atoms with Crippen LogP contribution in [0.5, 0.6) is 11.5 Å². The van der Waals surface area contributed by atoms with Crippen LogP contribution in [0.2, 0.25) is 0 Å². The number of anilines is 1. The third kappa shape index (κ3) is 6.37. The summed E-state index contributed by atoms with van der Waals surface area (Å²) in [6.07, 6.45) is 0.989. The molecule has 2 rings (SSSR count). The molecule has 6 heteroatoms. The fourth-order valence-electron chi connectivity index (χ4n) is 2.20. The van der Waals surface area contributed by atoms with Crippen LogP contribution in [0.15, 0.2) is 48.5 Å². The van der Waals surface area contributed by atoms with E-state index in [0.717, 1.165) is 17.9 Å². The van der Waals surface area contributed by atoms with Gasteiger partial charge in [0, 0.05) is 17.3 Å². The van der Waals surface area contributed by atoms with Gasteiger partial charge in [-0.1, -0.05) is 19.1 Å². The highest BCUT2D eigenvalue weighted by Crippen LogP contribution is 2.18. The fourth-order valence-corrected chi connectivity index (χ4v) is 2.41. The van der Waals surface area contributed by atoms with Crippen molar-refractivity contribution < 1.29 is 14.3 Å². The lowest BCUT2D eigenvalue weighted by Crippen LogP contribution is -2.34. The zero-order valence-corrected chi connectivity index (χ0v) is 16.1. The number of rotatable bonds is 7. The molecule has 0 saturated carbocycles. The van der Waals surface area contributed by atoms with E-state index < -0.39 is 0 Å². The second kappa shape index (κ2) is 9.77. The van der Waals surface area contributed by atoms with E-state index in [1.54, 1.807) is 18.2 Å². The molecule has 0 saturated heterocycles. The van der Waals surface area contributed by atoms with Crippen LogP contribution in [-0.2, 0) is 0 Å². The van der Waals surface area contributed by atoms with Crippen LogP contribution in [0.25, 0.3) is 0 Å². The summed E-state index contributed by atoms with van der Waals surface area (Å²) in [4.78, 5) is 12.4. The quantitative estimate of drug-likeness (QED) is 0.706. The van der Waals surface area contributed by atoms with E-state index in [4.69, 9.17) is 21.7 Å². The summed E-state index contributed by atoms with van der Waals surface area (Å²) in [7, 11) is 0. The van der Waals surface area contributed by atoms with Gasteiger partial charge in [-0.15, -0.1) is 0 Å². The Bertz CT molecular complexity index is 762. The summed E-state index contributed by atoms with van der Waals surface area (Å²) in [5.74, 6) is 1.11. The van der Waals surface area contributed by atoms with Crippen LogP contribution in [-0.4, -0.2) is 23.7 Å². The van der Waals surface area contributed by atoms with E-state index in [1.165, 1.54) is 0 Å². The molecule has 0 unspecified atom stereocenters. The molecular weight excluding hydrogens is 348 g/mol. The molecule has 5 nitrogen and oxygen atoms in total. The van der Waals surface area contributed by atoms with Crippen LogP contribution >= 0.6 is 12.2 Å². The van der Waals surface area contributed by atoms with Crippen molar-refractivity contribution in [3.8, 4) is 11.5 Å². The summed E-state index contributed by atoms with van der Waals surface area (Å²) >= 11 is 5.23. The molecule has 0 bridgehead atoms. The van der Waals surface area contributed by atoms with Gasteiger partial charge in [-0.3, -0.25) is 10.1 Å². The van der Waals surface area contributed by atoms with Gasteiger partial charge in [0.05, 0.1) is 12.7 Å². The molecule has 1 amide bonds. The minimum Gasteiger partial charge on any atom is -0.494 e. The summed E-state index contributed by atoms with van der Waals surface area (Å²) in [5.41, 5.74) is 1.23. The average Bonchev–Trinajstić information content (AvgIpc) is 2.59. The SMILES string of the molecule is CCCOc1cccc(C(=O)NC(=S)Nc2cccc(OC(C)C)c2)c1. The molecule has 26 heavy (non-hydrogen) atoms. The van der Waals surface area contributed by atoms with Crippen molar-refractivity contribution in [3.05, 3.63) is 54.1 Å². The first-order chi connectivity index (χ1) is 12.5. The number of amides is 1. The van der Waals surface area contributed by atoms with Crippen LogP contribution in [0.4, 0.5) is 5.69 Å². The maximum absolute atomic E-state index is 12.4. The zero-order chi connectivity index (χ0) is 18.9. The van der Waals surface area contributed by atoms with Crippen molar-refractivity contribution >= 4 is 28.9 Å². The van der Waals surface area contributed by atoms with E-state index in [9.17, 15) is 4.79 Å². The first-order valence-corrected chi connectivity index (χ1v) is 9.00. The Morgan fingerprint density at radius 1 is 1.12 bits per heavy atom. The number of ether oxygens (including phenoxy) is 2. The van der Waals surface area contributed by atoms with E-state index in [1.807, 2.05) is 51.1 Å². The molecular formula is C20H24N2O3S. The average molecular weight is 372 g/mol. The minimum atomic E-state index is -0.293. The number of thiocarbonyl (C=S) groups is 1. The van der Waals surface area contributed by atoms with Gasteiger partial charge >= 0.3 is 0 Å². The first-order valence-electron chi connectivity index (χ1n) is 8.60. The lowest BCUT2D eigenvalue weighted by atomic mass is 10.2. The largest absolute Gasteiger partial charge is 0.494 e. The van der Waals surface area contributed by atoms with Crippen molar-refractivity contribution in [2.24, 2.45) is 0 Å². The summed E-state index contributed by atoms with van der Waals surface area (Å²) in [6.45, 7) is 6.56. The van der Waals surface area contributed by atoms with Crippen molar-refractivity contribution in [1.82, 2.24) is 5.32 Å². The summed E-state index contributed by atoms with van der Waals surface area (Å²) < 4.78 is 11.2. The van der Waals surface area contributed by atoms with Gasteiger partial charge < -0.3 is 14.8 Å². The normalized spacial score (nSPS) is 10.3. The Labute approximate surface area is 159 Å². The summed E-state index contributed by atoms with van der Waals surface area (Å²) in [5, 5.41) is 5.89. The highest BCUT2D eigenvalue weighted by molar-refractivity contribution is 7.80. The highest BCUT2D eigenvalue weighted by atomic mass is 32.1. The van der Waals surface area contributed by atoms with Crippen molar-refractivity contribution in [1.29, 1.82) is 0 Å². The summed E-state index contributed by atoms with van der Waals surface area (Å²) in [6, 6.07) is 14.4.